The van der Waals surface area contributed by atoms with Crippen molar-refractivity contribution in [1.29, 1.82) is 5.41 Å². The van der Waals surface area contributed by atoms with Crippen LogP contribution in [0, 0.1) is 16.5 Å². The molecule has 0 radical (unpaired) electrons. The second-order valence-corrected chi connectivity index (χ2v) is 10.3. The second kappa shape index (κ2) is 17.9. The van der Waals surface area contributed by atoms with Gasteiger partial charge in [0.05, 0.1) is 25.6 Å². The van der Waals surface area contributed by atoms with Gasteiger partial charge >= 0.3 is 0 Å². The Balaban J connectivity index is 1.94. The fourth-order valence-electron chi connectivity index (χ4n) is 4.78. The summed E-state index contributed by atoms with van der Waals surface area (Å²) in [6, 6.07) is 0.0751. The normalized spacial score (nSPS) is 21.6. The lowest BCUT2D eigenvalue weighted by molar-refractivity contribution is -0.914. The fourth-order valence-corrected chi connectivity index (χ4v) is 4.78. The van der Waals surface area contributed by atoms with E-state index in [0.29, 0.717) is 39.1 Å². The molecule has 0 bridgehead atoms. The Labute approximate surface area is 193 Å². The molecule has 1 aliphatic rings. The topological polar surface area (TPSA) is 82.2 Å². The number of nitrogens with two attached hydrogens (primary N) is 1. The predicted molar refractivity (Wildman–Crippen MR) is 133 cm³/mol. The summed E-state index contributed by atoms with van der Waals surface area (Å²) in [6.45, 7) is 6.94. The summed E-state index contributed by atoms with van der Waals surface area (Å²) in [4.78, 5) is 0. The molecule has 0 aliphatic carbocycles. The van der Waals surface area contributed by atoms with Crippen LogP contribution in [0.15, 0.2) is 0 Å². The molecule has 0 aromatic rings. The zero-order valence-electron chi connectivity index (χ0n) is 20.8. The molecular weight excluding hydrogens is 386 g/mol. The highest BCUT2D eigenvalue weighted by atomic mass is 16.6. The van der Waals surface area contributed by atoms with Crippen LogP contribution >= 0.6 is 0 Å². The van der Waals surface area contributed by atoms with Crippen LogP contribution in [0.1, 0.15) is 123 Å². The largest absolute Gasteiger partial charge is 0.632 e. The summed E-state index contributed by atoms with van der Waals surface area (Å²) in [5.74, 6) is 1.05. The fraction of sp³-hybridized carbons (Fsp3) is 0.962. The lowest BCUT2D eigenvalue weighted by Crippen LogP contribution is -2.58. The average Bonchev–Trinajstić information content (AvgIpc) is 2.71. The van der Waals surface area contributed by atoms with Crippen molar-refractivity contribution in [3.8, 4) is 0 Å². The van der Waals surface area contributed by atoms with Crippen LogP contribution < -0.4 is 5.73 Å². The van der Waals surface area contributed by atoms with Gasteiger partial charge in [-0.05, 0) is 12.3 Å². The van der Waals surface area contributed by atoms with E-state index in [-0.39, 0.29) is 16.5 Å². The quantitative estimate of drug-likeness (QED) is 0.0709. The molecule has 1 saturated heterocycles. The van der Waals surface area contributed by atoms with Crippen LogP contribution in [0.2, 0.25) is 0 Å². The van der Waals surface area contributed by atoms with Crippen molar-refractivity contribution in [2.75, 3.05) is 26.3 Å². The maximum atomic E-state index is 13.2. The van der Waals surface area contributed by atoms with Gasteiger partial charge in [0.15, 0.2) is 0 Å². The number of ether oxygens (including phenoxy) is 1. The number of morpholine rings is 1. The Hall–Kier alpha value is -0.650. The molecular formula is C26H53N3O2. The summed E-state index contributed by atoms with van der Waals surface area (Å²) >= 11 is 0. The minimum Gasteiger partial charge on any atom is -0.632 e. The van der Waals surface area contributed by atoms with E-state index in [1.165, 1.54) is 83.5 Å². The predicted octanol–water partition coefficient (Wildman–Crippen LogP) is 6.92. The van der Waals surface area contributed by atoms with Crippen molar-refractivity contribution in [3.63, 3.8) is 0 Å². The first-order valence-corrected chi connectivity index (χ1v) is 13.4. The van der Waals surface area contributed by atoms with E-state index in [2.05, 4.69) is 13.8 Å². The number of amidine groups is 1. The van der Waals surface area contributed by atoms with Crippen LogP contribution in [-0.4, -0.2) is 42.8 Å². The molecule has 0 spiro atoms. The first-order chi connectivity index (χ1) is 14.9. The van der Waals surface area contributed by atoms with Gasteiger partial charge in [0.2, 0.25) is 0 Å². The summed E-state index contributed by atoms with van der Waals surface area (Å²) in [7, 11) is 0. The van der Waals surface area contributed by atoms with E-state index in [1.54, 1.807) is 0 Å². The highest BCUT2D eigenvalue weighted by Crippen LogP contribution is 2.23. The Morgan fingerprint density at radius 2 is 1.42 bits per heavy atom. The van der Waals surface area contributed by atoms with Gasteiger partial charge in [-0.15, -0.1) is 0 Å². The van der Waals surface area contributed by atoms with E-state index in [1.807, 2.05) is 0 Å². The van der Waals surface area contributed by atoms with Crippen molar-refractivity contribution < 1.29 is 9.38 Å². The first kappa shape index (κ1) is 28.4. The van der Waals surface area contributed by atoms with Crippen molar-refractivity contribution in [3.05, 3.63) is 5.21 Å². The van der Waals surface area contributed by atoms with Crippen molar-refractivity contribution >= 4 is 5.84 Å². The third-order valence-electron chi connectivity index (χ3n) is 6.89. The molecule has 31 heavy (non-hydrogen) atoms. The number of hydroxylamine groups is 3. The van der Waals surface area contributed by atoms with E-state index < -0.39 is 0 Å². The number of quaternary nitrogens is 1. The van der Waals surface area contributed by atoms with Gasteiger partial charge in [0, 0.05) is 19.3 Å². The molecule has 1 aliphatic heterocycles. The molecule has 0 aromatic carbocycles. The van der Waals surface area contributed by atoms with Gasteiger partial charge in [0.1, 0.15) is 12.6 Å². The molecule has 0 aromatic heterocycles. The smallest absolute Gasteiger partial charge is 0.112 e. The molecule has 2 unspecified atom stereocenters. The van der Waals surface area contributed by atoms with Gasteiger partial charge in [-0.2, -0.15) is 0 Å². The molecule has 184 valence electrons. The van der Waals surface area contributed by atoms with Crippen LogP contribution in [0.3, 0.4) is 0 Å². The third-order valence-corrected chi connectivity index (χ3v) is 6.89. The van der Waals surface area contributed by atoms with E-state index in [4.69, 9.17) is 15.9 Å². The van der Waals surface area contributed by atoms with Crippen molar-refractivity contribution in [1.82, 2.24) is 0 Å². The molecule has 0 saturated carbocycles. The second-order valence-electron chi connectivity index (χ2n) is 10.3. The third kappa shape index (κ3) is 14.9. The monoisotopic (exact) mass is 439 g/mol. The van der Waals surface area contributed by atoms with E-state index >= 15 is 0 Å². The summed E-state index contributed by atoms with van der Waals surface area (Å²) in [5, 5.41) is 20.5. The number of hydrogen-bond donors (Lipinski definition) is 2. The molecule has 1 fully saturated rings. The Morgan fingerprint density at radius 3 is 1.94 bits per heavy atom. The maximum absolute atomic E-state index is 13.2. The highest BCUT2D eigenvalue weighted by molar-refractivity contribution is 5.76. The summed E-state index contributed by atoms with van der Waals surface area (Å²) in [6.07, 6.45) is 21.3. The zero-order chi connectivity index (χ0) is 22.8. The Morgan fingerprint density at radius 1 is 0.903 bits per heavy atom. The minimum absolute atomic E-state index is 0.0751. The molecule has 5 nitrogen and oxygen atoms in total. The number of rotatable bonds is 20. The van der Waals surface area contributed by atoms with Gasteiger partial charge in [0.25, 0.3) is 0 Å². The SMILES string of the molecule is CC(C)CCCCCCCCCCCCCCCC1COCC[N+]1([O-])CCCC(=N)N. The van der Waals surface area contributed by atoms with Crippen LogP contribution in [0.5, 0.6) is 0 Å². The van der Waals surface area contributed by atoms with Gasteiger partial charge in [-0.1, -0.05) is 97.3 Å². The van der Waals surface area contributed by atoms with Crippen LogP contribution in [0.4, 0.5) is 0 Å². The number of hydrogen-bond acceptors (Lipinski definition) is 3. The number of nitrogens with one attached hydrogen (secondary N) is 1. The molecule has 1 heterocycles. The van der Waals surface area contributed by atoms with Gasteiger partial charge < -0.3 is 20.3 Å². The van der Waals surface area contributed by atoms with Crippen molar-refractivity contribution in [2.45, 2.75) is 129 Å². The molecule has 0 amide bonds. The van der Waals surface area contributed by atoms with Gasteiger partial charge in [-0.3, -0.25) is 5.41 Å². The van der Waals surface area contributed by atoms with Crippen LogP contribution in [-0.2, 0) is 4.74 Å². The lowest BCUT2D eigenvalue weighted by atomic mass is 10.0. The number of nitrogens with zero attached hydrogens (tertiary/aromatic N) is 1. The Kier molecular flexibility index (Phi) is 16.3. The van der Waals surface area contributed by atoms with Crippen molar-refractivity contribution in [2.24, 2.45) is 11.7 Å². The van der Waals surface area contributed by atoms with E-state index in [9.17, 15) is 5.21 Å². The minimum atomic E-state index is -0.134. The summed E-state index contributed by atoms with van der Waals surface area (Å²) < 4.78 is 5.47. The first-order valence-electron chi connectivity index (χ1n) is 13.4. The molecule has 1 rings (SSSR count). The molecule has 5 heteroatoms. The highest BCUT2D eigenvalue weighted by Gasteiger charge is 2.31. The lowest BCUT2D eigenvalue weighted by Gasteiger charge is -2.51. The number of unbranched alkanes of at least 4 members (excludes halogenated alkanes) is 12. The summed E-state index contributed by atoms with van der Waals surface area (Å²) in [5.41, 5.74) is 5.44. The molecule has 2 atom stereocenters. The molecule has 3 N–H and O–H groups in total. The van der Waals surface area contributed by atoms with Crippen LogP contribution in [0.25, 0.3) is 0 Å². The van der Waals surface area contributed by atoms with Gasteiger partial charge in [-0.25, -0.2) is 0 Å². The maximum Gasteiger partial charge on any atom is 0.112 e. The zero-order valence-corrected chi connectivity index (χ0v) is 20.8. The Bertz CT molecular complexity index is 444. The average molecular weight is 440 g/mol. The standard InChI is InChI=1S/C26H53N3O2/c1-24(2)17-14-12-10-8-6-4-3-5-7-9-11-13-15-18-25-23-31-22-21-29(25,30)20-16-19-26(27)28/h24-25H,3-23H2,1-2H3,(H3,27,28). The van der Waals surface area contributed by atoms with E-state index in [0.717, 1.165) is 18.8 Å².